The molecule has 1 saturated carbocycles. The predicted octanol–water partition coefficient (Wildman–Crippen LogP) is 3.67. The number of rotatable bonds is 3. The van der Waals surface area contributed by atoms with Crippen LogP contribution in [0.1, 0.15) is 40.5 Å². The van der Waals surface area contributed by atoms with Crippen LogP contribution in [0.5, 0.6) is 0 Å². The molecule has 0 spiro atoms. The molecule has 0 radical (unpaired) electrons. The summed E-state index contributed by atoms with van der Waals surface area (Å²) in [5, 5.41) is 0. The third-order valence-electron chi connectivity index (χ3n) is 3.76. The standard InChI is InChI=1S/C17H14N2O/c20-16(11-4-2-1-3-5-11)13-8-9-14-15(10-13)19-17(18-14)12-6-7-12/h1-5,8-10,12H,6-7H2,(H,18,19). The second-order valence-corrected chi connectivity index (χ2v) is 5.32. The molecule has 20 heavy (non-hydrogen) atoms. The lowest BCUT2D eigenvalue weighted by Gasteiger charge is -2.00. The highest BCUT2D eigenvalue weighted by Crippen LogP contribution is 2.39. The Morgan fingerprint density at radius 2 is 1.85 bits per heavy atom. The van der Waals surface area contributed by atoms with E-state index in [9.17, 15) is 4.79 Å². The zero-order chi connectivity index (χ0) is 13.5. The van der Waals surface area contributed by atoms with Crippen molar-refractivity contribution in [2.75, 3.05) is 0 Å². The number of nitrogens with one attached hydrogen (secondary N) is 1. The Kier molecular flexibility index (Phi) is 2.46. The Balaban J connectivity index is 1.74. The number of ketones is 1. The first-order valence-corrected chi connectivity index (χ1v) is 6.91. The summed E-state index contributed by atoms with van der Waals surface area (Å²) in [6, 6.07) is 15.0. The smallest absolute Gasteiger partial charge is 0.193 e. The van der Waals surface area contributed by atoms with Crippen LogP contribution in [-0.2, 0) is 0 Å². The van der Waals surface area contributed by atoms with Crippen molar-refractivity contribution in [1.29, 1.82) is 0 Å². The molecular weight excluding hydrogens is 248 g/mol. The maximum atomic E-state index is 12.4. The van der Waals surface area contributed by atoms with Gasteiger partial charge in [-0.25, -0.2) is 4.98 Å². The number of aromatic nitrogens is 2. The maximum Gasteiger partial charge on any atom is 0.193 e. The number of imidazole rings is 1. The normalized spacial score (nSPS) is 14.6. The van der Waals surface area contributed by atoms with Crippen LogP contribution in [0.15, 0.2) is 48.5 Å². The fraction of sp³-hybridized carbons (Fsp3) is 0.176. The van der Waals surface area contributed by atoms with E-state index in [1.165, 1.54) is 12.8 Å². The van der Waals surface area contributed by atoms with E-state index in [4.69, 9.17) is 0 Å². The van der Waals surface area contributed by atoms with E-state index in [2.05, 4.69) is 9.97 Å². The molecule has 0 atom stereocenters. The number of carbonyl (C=O) groups is 1. The summed E-state index contributed by atoms with van der Waals surface area (Å²) in [7, 11) is 0. The molecule has 0 unspecified atom stereocenters. The number of aromatic amines is 1. The highest BCUT2D eigenvalue weighted by Gasteiger charge is 2.26. The number of fused-ring (bicyclic) bond motifs is 1. The monoisotopic (exact) mass is 262 g/mol. The minimum atomic E-state index is 0.0510. The van der Waals surface area contributed by atoms with Gasteiger partial charge in [0.2, 0.25) is 0 Å². The molecule has 0 amide bonds. The van der Waals surface area contributed by atoms with Crippen molar-refractivity contribution in [3.63, 3.8) is 0 Å². The van der Waals surface area contributed by atoms with Gasteiger partial charge in [-0.2, -0.15) is 0 Å². The molecule has 0 aliphatic heterocycles. The van der Waals surface area contributed by atoms with Crippen LogP contribution in [0.2, 0.25) is 0 Å². The summed E-state index contributed by atoms with van der Waals surface area (Å²) < 4.78 is 0. The summed E-state index contributed by atoms with van der Waals surface area (Å²) in [5.41, 5.74) is 3.31. The van der Waals surface area contributed by atoms with Gasteiger partial charge in [0.25, 0.3) is 0 Å². The number of carbonyl (C=O) groups excluding carboxylic acids is 1. The zero-order valence-corrected chi connectivity index (χ0v) is 11.0. The van der Waals surface area contributed by atoms with Gasteiger partial charge < -0.3 is 4.98 Å². The molecule has 3 aromatic rings. The van der Waals surface area contributed by atoms with Gasteiger partial charge >= 0.3 is 0 Å². The fourth-order valence-electron chi connectivity index (χ4n) is 2.48. The van der Waals surface area contributed by atoms with Gasteiger partial charge in [-0.3, -0.25) is 4.79 Å². The third-order valence-corrected chi connectivity index (χ3v) is 3.76. The number of benzene rings is 2. The summed E-state index contributed by atoms with van der Waals surface area (Å²) in [5.74, 6) is 1.70. The van der Waals surface area contributed by atoms with Crippen LogP contribution >= 0.6 is 0 Å². The summed E-state index contributed by atoms with van der Waals surface area (Å²) in [6.45, 7) is 0. The maximum absolute atomic E-state index is 12.4. The second-order valence-electron chi connectivity index (χ2n) is 5.32. The topological polar surface area (TPSA) is 45.8 Å². The predicted molar refractivity (Wildman–Crippen MR) is 77.9 cm³/mol. The van der Waals surface area contributed by atoms with Crippen molar-refractivity contribution >= 4 is 16.8 Å². The Morgan fingerprint density at radius 1 is 1.05 bits per heavy atom. The number of H-pyrrole nitrogens is 1. The quantitative estimate of drug-likeness (QED) is 0.732. The van der Waals surface area contributed by atoms with Crippen LogP contribution < -0.4 is 0 Å². The van der Waals surface area contributed by atoms with Crippen molar-refractivity contribution in [3.8, 4) is 0 Å². The molecule has 1 aliphatic rings. The Bertz CT molecular complexity index is 785. The highest BCUT2D eigenvalue weighted by molar-refractivity contribution is 6.10. The van der Waals surface area contributed by atoms with E-state index in [0.29, 0.717) is 17.0 Å². The molecule has 1 aliphatic carbocycles. The van der Waals surface area contributed by atoms with E-state index in [1.54, 1.807) is 0 Å². The van der Waals surface area contributed by atoms with Gasteiger partial charge in [-0.05, 0) is 31.0 Å². The minimum absolute atomic E-state index is 0.0510. The average molecular weight is 262 g/mol. The van der Waals surface area contributed by atoms with Crippen molar-refractivity contribution in [2.45, 2.75) is 18.8 Å². The largest absolute Gasteiger partial charge is 0.342 e. The highest BCUT2D eigenvalue weighted by atomic mass is 16.1. The lowest BCUT2D eigenvalue weighted by atomic mass is 10.0. The number of hydrogen-bond donors (Lipinski definition) is 1. The summed E-state index contributed by atoms with van der Waals surface area (Å²) in [4.78, 5) is 20.3. The molecule has 98 valence electrons. The Labute approximate surface area is 116 Å². The van der Waals surface area contributed by atoms with E-state index in [1.807, 2.05) is 48.5 Å². The third kappa shape index (κ3) is 1.92. The van der Waals surface area contributed by atoms with Gasteiger partial charge in [0.1, 0.15) is 5.82 Å². The second kappa shape index (κ2) is 4.30. The molecular formula is C17H14N2O. The van der Waals surface area contributed by atoms with Crippen molar-refractivity contribution < 1.29 is 4.79 Å². The SMILES string of the molecule is O=C(c1ccccc1)c1ccc2nc(C3CC3)[nH]c2c1. The molecule has 4 rings (SSSR count). The van der Waals surface area contributed by atoms with Crippen LogP contribution in [0, 0.1) is 0 Å². The first-order valence-electron chi connectivity index (χ1n) is 6.91. The van der Waals surface area contributed by atoms with E-state index in [0.717, 1.165) is 16.9 Å². The minimum Gasteiger partial charge on any atom is -0.342 e. The zero-order valence-electron chi connectivity index (χ0n) is 11.0. The first kappa shape index (κ1) is 11.4. The van der Waals surface area contributed by atoms with Gasteiger partial charge in [-0.15, -0.1) is 0 Å². The van der Waals surface area contributed by atoms with E-state index >= 15 is 0 Å². The average Bonchev–Trinajstić information content (AvgIpc) is 3.26. The molecule has 1 heterocycles. The molecule has 3 heteroatoms. The summed E-state index contributed by atoms with van der Waals surface area (Å²) in [6.07, 6.45) is 2.44. The molecule has 0 saturated heterocycles. The lowest BCUT2D eigenvalue weighted by Crippen LogP contribution is -2.00. The van der Waals surface area contributed by atoms with Crippen LogP contribution in [0.4, 0.5) is 0 Å². The van der Waals surface area contributed by atoms with E-state index < -0.39 is 0 Å². The molecule has 1 fully saturated rings. The van der Waals surface area contributed by atoms with Gasteiger partial charge in [0.05, 0.1) is 11.0 Å². The number of nitrogens with zero attached hydrogens (tertiary/aromatic N) is 1. The van der Waals surface area contributed by atoms with Crippen LogP contribution in [0.3, 0.4) is 0 Å². The fourth-order valence-corrected chi connectivity index (χ4v) is 2.48. The molecule has 3 nitrogen and oxygen atoms in total. The first-order chi connectivity index (χ1) is 9.81. The van der Waals surface area contributed by atoms with Crippen molar-refractivity contribution in [3.05, 3.63) is 65.5 Å². The summed E-state index contributed by atoms with van der Waals surface area (Å²) >= 11 is 0. The van der Waals surface area contributed by atoms with Gasteiger partial charge in [-0.1, -0.05) is 30.3 Å². The Hall–Kier alpha value is -2.42. The Morgan fingerprint density at radius 3 is 2.60 bits per heavy atom. The van der Waals surface area contributed by atoms with Crippen LogP contribution in [-0.4, -0.2) is 15.8 Å². The van der Waals surface area contributed by atoms with E-state index in [-0.39, 0.29) is 5.78 Å². The molecule has 2 aromatic carbocycles. The molecule has 0 bridgehead atoms. The van der Waals surface area contributed by atoms with Gasteiger partial charge in [0, 0.05) is 17.0 Å². The van der Waals surface area contributed by atoms with Gasteiger partial charge in [0.15, 0.2) is 5.78 Å². The van der Waals surface area contributed by atoms with Crippen LogP contribution in [0.25, 0.3) is 11.0 Å². The van der Waals surface area contributed by atoms with Crippen molar-refractivity contribution in [2.24, 2.45) is 0 Å². The molecule has 1 aromatic heterocycles. The number of hydrogen-bond acceptors (Lipinski definition) is 2. The lowest BCUT2D eigenvalue weighted by molar-refractivity contribution is 0.103. The van der Waals surface area contributed by atoms with Crippen molar-refractivity contribution in [1.82, 2.24) is 9.97 Å². The molecule has 1 N–H and O–H groups in total.